The van der Waals surface area contributed by atoms with Gasteiger partial charge in [0.1, 0.15) is 5.75 Å². The Morgan fingerprint density at radius 3 is 2.72 bits per heavy atom. The maximum atomic E-state index is 11.2. The molecule has 0 aliphatic rings. The van der Waals surface area contributed by atoms with E-state index < -0.39 is 6.16 Å². The van der Waals surface area contributed by atoms with E-state index in [1.165, 1.54) is 0 Å². The highest BCUT2D eigenvalue weighted by molar-refractivity contribution is 5.88. The van der Waals surface area contributed by atoms with Crippen LogP contribution >= 0.6 is 0 Å². The molecule has 0 atom stereocenters. The SMILES string of the molecule is CCC/C=C/c1ccc2c(c1)cc(OC(=O)O)n2CCCOc1cccc2ccccc12. The molecule has 0 unspecified atom stereocenters. The summed E-state index contributed by atoms with van der Waals surface area (Å²) < 4.78 is 13.0. The molecule has 0 saturated carbocycles. The van der Waals surface area contributed by atoms with Gasteiger partial charge in [0.25, 0.3) is 0 Å². The van der Waals surface area contributed by atoms with Crippen molar-refractivity contribution in [3.05, 3.63) is 78.4 Å². The molecule has 0 bridgehead atoms. The average molecular weight is 430 g/mol. The Kier molecular flexibility index (Phi) is 6.75. The number of benzene rings is 3. The van der Waals surface area contributed by atoms with Crippen molar-refractivity contribution in [3.63, 3.8) is 0 Å². The van der Waals surface area contributed by atoms with Crippen LogP contribution in [-0.4, -0.2) is 22.4 Å². The molecule has 1 aromatic heterocycles. The number of carbonyl (C=O) groups is 1. The summed E-state index contributed by atoms with van der Waals surface area (Å²) in [5.41, 5.74) is 2.03. The van der Waals surface area contributed by atoms with Gasteiger partial charge in [0.05, 0.1) is 12.1 Å². The molecular formula is C27H27NO4. The average Bonchev–Trinajstić information content (AvgIpc) is 3.12. The smallest absolute Gasteiger partial charge is 0.493 e. The van der Waals surface area contributed by atoms with Gasteiger partial charge in [-0.1, -0.05) is 68.0 Å². The third kappa shape index (κ3) is 4.94. The van der Waals surface area contributed by atoms with Gasteiger partial charge in [-0.3, -0.25) is 0 Å². The number of nitrogens with zero attached hydrogens (tertiary/aromatic N) is 1. The van der Waals surface area contributed by atoms with Crippen molar-refractivity contribution in [3.8, 4) is 11.6 Å². The summed E-state index contributed by atoms with van der Waals surface area (Å²) in [6.07, 6.45) is 5.77. The lowest BCUT2D eigenvalue weighted by atomic mass is 10.1. The minimum absolute atomic E-state index is 0.326. The molecule has 0 aliphatic carbocycles. The lowest BCUT2D eigenvalue weighted by Gasteiger charge is -2.12. The molecule has 1 N–H and O–H groups in total. The Morgan fingerprint density at radius 2 is 1.88 bits per heavy atom. The monoisotopic (exact) mass is 429 g/mol. The zero-order chi connectivity index (χ0) is 22.3. The minimum atomic E-state index is -1.32. The van der Waals surface area contributed by atoms with Gasteiger partial charge >= 0.3 is 6.16 Å². The number of hydrogen-bond acceptors (Lipinski definition) is 3. The van der Waals surface area contributed by atoms with E-state index in [4.69, 9.17) is 14.6 Å². The van der Waals surface area contributed by atoms with Crippen LogP contribution in [0.4, 0.5) is 4.79 Å². The molecule has 0 saturated heterocycles. The van der Waals surface area contributed by atoms with Gasteiger partial charge in [0.15, 0.2) is 0 Å². The quantitative estimate of drug-likeness (QED) is 0.227. The molecule has 0 amide bonds. The first kappa shape index (κ1) is 21.5. The molecule has 0 spiro atoms. The fraction of sp³-hybridized carbons (Fsp3) is 0.222. The van der Waals surface area contributed by atoms with Crippen molar-refractivity contribution in [2.45, 2.75) is 32.7 Å². The van der Waals surface area contributed by atoms with E-state index in [-0.39, 0.29) is 0 Å². The highest BCUT2D eigenvalue weighted by atomic mass is 16.7. The van der Waals surface area contributed by atoms with Gasteiger partial charge in [-0.05, 0) is 42.0 Å². The maximum Gasteiger partial charge on any atom is 0.512 e. The third-order valence-electron chi connectivity index (χ3n) is 5.38. The summed E-state index contributed by atoms with van der Waals surface area (Å²) in [7, 11) is 0. The molecule has 0 radical (unpaired) electrons. The van der Waals surface area contributed by atoms with Crippen LogP contribution in [0.2, 0.25) is 0 Å². The van der Waals surface area contributed by atoms with Crippen molar-refractivity contribution < 1.29 is 19.4 Å². The lowest BCUT2D eigenvalue weighted by Crippen LogP contribution is -2.10. The van der Waals surface area contributed by atoms with Crippen molar-refractivity contribution in [1.29, 1.82) is 0 Å². The Bertz CT molecular complexity index is 1250. The molecule has 5 nitrogen and oxygen atoms in total. The number of hydrogen-bond donors (Lipinski definition) is 1. The molecule has 1 heterocycles. The molecule has 4 rings (SSSR count). The standard InChI is InChI=1S/C27H27NO4/c1-2-3-4-9-20-14-15-24-22(18-20)19-26(32-27(29)30)28(24)16-8-17-31-25-13-7-11-21-10-5-6-12-23(21)25/h4-7,9-15,18-19H,2-3,8,16-17H2,1H3,(H,29,30)/b9-4+. The molecule has 0 fully saturated rings. The van der Waals surface area contributed by atoms with Gasteiger partial charge in [-0.2, -0.15) is 0 Å². The van der Waals surface area contributed by atoms with Gasteiger partial charge in [0.2, 0.25) is 5.88 Å². The number of carboxylic acid groups (broad SMARTS) is 1. The predicted molar refractivity (Wildman–Crippen MR) is 129 cm³/mol. The van der Waals surface area contributed by atoms with Gasteiger partial charge < -0.3 is 19.1 Å². The minimum Gasteiger partial charge on any atom is -0.493 e. The van der Waals surface area contributed by atoms with Gasteiger partial charge in [-0.15, -0.1) is 0 Å². The van der Waals surface area contributed by atoms with E-state index in [1.807, 2.05) is 41.0 Å². The molecular weight excluding hydrogens is 402 g/mol. The molecule has 32 heavy (non-hydrogen) atoms. The lowest BCUT2D eigenvalue weighted by molar-refractivity contribution is 0.140. The first-order chi connectivity index (χ1) is 15.7. The molecule has 5 heteroatoms. The maximum absolute atomic E-state index is 11.2. The normalized spacial score (nSPS) is 11.4. The first-order valence-corrected chi connectivity index (χ1v) is 11.0. The molecule has 164 valence electrons. The summed E-state index contributed by atoms with van der Waals surface area (Å²) in [6, 6.07) is 22.1. The van der Waals surface area contributed by atoms with E-state index in [0.717, 1.165) is 45.8 Å². The van der Waals surface area contributed by atoms with Gasteiger partial charge in [-0.25, -0.2) is 4.79 Å². The Labute approximate surface area is 187 Å². The van der Waals surface area contributed by atoms with Crippen LogP contribution in [0.15, 0.2) is 72.8 Å². The Morgan fingerprint density at radius 1 is 1.03 bits per heavy atom. The van der Waals surface area contributed by atoms with Crippen LogP contribution < -0.4 is 9.47 Å². The number of allylic oxidation sites excluding steroid dienone is 1. The van der Waals surface area contributed by atoms with Crippen LogP contribution in [0, 0.1) is 0 Å². The number of unbranched alkanes of at least 4 members (excludes halogenated alkanes) is 1. The highest BCUT2D eigenvalue weighted by Gasteiger charge is 2.13. The summed E-state index contributed by atoms with van der Waals surface area (Å²) in [5.74, 6) is 1.18. The van der Waals surface area contributed by atoms with Crippen LogP contribution in [0.3, 0.4) is 0 Å². The second kappa shape index (κ2) is 10.1. The van der Waals surface area contributed by atoms with Crippen molar-refractivity contribution in [2.24, 2.45) is 0 Å². The van der Waals surface area contributed by atoms with Crippen molar-refractivity contribution >= 4 is 33.9 Å². The fourth-order valence-electron chi connectivity index (χ4n) is 3.88. The fourth-order valence-corrected chi connectivity index (χ4v) is 3.88. The summed E-state index contributed by atoms with van der Waals surface area (Å²) in [5, 5.41) is 12.3. The van der Waals surface area contributed by atoms with Crippen LogP contribution in [-0.2, 0) is 6.54 Å². The van der Waals surface area contributed by atoms with E-state index >= 15 is 0 Å². The Hall–Kier alpha value is -3.73. The first-order valence-electron chi connectivity index (χ1n) is 11.0. The van der Waals surface area contributed by atoms with Crippen LogP contribution in [0.1, 0.15) is 31.7 Å². The topological polar surface area (TPSA) is 60.7 Å². The third-order valence-corrected chi connectivity index (χ3v) is 5.38. The van der Waals surface area contributed by atoms with Crippen molar-refractivity contribution in [1.82, 2.24) is 4.57 Å². The number of aryl methyl sites for hydroxylation is 1. The second-order valence-corrected chi connectivity index (χ2v) is 7.69. The van der Waals surface area contributed by atoms with E-state index in [9.17, 15) is 4.79 Å². The number of rotatable bonds is 9. The van der Waals surface area contributed by atoms with Crippen molar-refractivity contribution in [2.75, 3.05) is 6.61 Å². The highest BCUT2D eigenvalue weighted by Crippen LogP contribution is 2.28. The number of ether oxygens (including phenoxy) is 2. The summed E-state index contributed by atoms with van der Waals surface area (Å²) in [6.45, 7) is 3.24. The predicted octanol–water partition coefficient (Wildman–Crippen LogP) is 7.13. The number of fused-ring (bicyclic) bond motifs is 2. The largest absolute Gasteiger partial charge is 0.512 e. The second-order valence-electron chi connectivity index (χ2n) is 7.69. The van der Waals surface area contributed by atoms with E-state index in [2.05, 4.69) is 43.3 Å². The van der Waals surface area contributed by atoms with Gasteiger partial charge in [0, 0.05) is 23.4 Å². The van der Waals surface area contributed by atoms with E-state index in [1.54, 1.807) is 6.07 Å². The molecule has 4 aromatic rings. The summed E-state index contributed by atoms with van der Waals surface area (Å²) in [4.78, 5) is 11.2. The molecule has 3 aromatic carbocycles. The molecule has 0 aliphatic heterocycles. The van der Waals surface area contributed by atoms with Crippen LogP contribution in [0.25, 0.3) is 27.8 Å². The van der Waals surface area contributed by atoms with Crippen LogP contribution in [0.5, 0.6) is 11.6 Å². The zero-order valence-corrected chi connectivity index (χ0v) is 18.2. The van der Waals surface area contributed by atoms with E-state index in [0.29, 0.717) is 25.5 Å². The Balaban J connectivity index is 1.50. The zero-order valence-electron chi connectivity index (χ0n) is 18.2. The summed E-state index contributed by atoms with van der Waals surface area (Å²) >= 11 is 0. The number of aromatic nitrogens is 1.